The summed E-state index contributed by atoms with van der Waals surface area (Å²) in [5.41, 5.74) is 0. The lowest BCUT2D eigenvalue weighted by Crippen LogP contribution is -2.43. The van der Waals surface area contributed by atoms with Gasteiger partial charge in [-0.3, -0.25) is 4.79 Å². The van der Waals surface area contributed by atoms with Crippen LogP contribution >= 0.6 is 0 Å². The maximum atomic E-state index is 11.4. The smallest absolute Gasteiger partial charge is 0.239 e. The van der Waals surface area contributed by atoms with E-state index in [-0.39, 0.29) is 11.9 Å². The molecule has 0 aromatic rings. The first-order valence-electron chi connectivity index (χ1n) is 4.30. The van der Waals surface area contributed by atoms with Gasteiger partial charge in [-0.25, -0.2) is 0 Å². The van der Waals surface area contributed by atoms with Crippen molar-refractivity contribution in [2.75, 3.05) is 20.7 Å². The Morgan fingerprint density at radius 1 is 1.58 bits per heavy atom. The van der Waals surface area contributed by atoms with Gasteiger partial charge in [0, 0.05) is 13.6 Å². The lowest BCUT2D eigenvalue weighted by molar-refractivity contribution is -0.161. The predicted octanol–water partition coefficient (Wildman–Crippen LogP) is 0.148. The van der Waals surface area contributed by atoms with Crippen molar-refractivity contribution in [3.05, 3.63) is 0 Å². The van der Waals surface area contributed by atoms with Gasteiger partial charge >= 0.3 is 0 Å². The number of hydroxylamine groups is 2. The van der Waals surface area contributed by atoms with Gasteiger partial charge in [0.15, 0.2) is 0 Å². The van der Waals surface area contributed by atoms with Gasteiger partial charge in [-0.2, -0.15) is 5.06 Å². The highest BCUT2D eigenvalue weighted by molar-refractivity contribution is 5.81. The summed E-state index contributed by atoms with van der Waals surface area (Å²) in [5, 5.41) is 4.46. The molecule has 1 fully saturated rings. The summed E-state index contributed by atoms with van der Waals surface area (Å²) >= 11 is 0. The lowest BCUT2D eigenvalue weighted by Gasteiger charge is -2.22. The number of likely N-dealkylation sites (N-methyl/N-ethyl adjacent to an activating group) is 1. The summed E-state index contributed by atoms with van der Waals surface area (Å²) in [6.07, 6.45) is 3.03. The molecule has 1 unspecified atom stereocenters. The molecule has 0 radical (unpaired) electrons. The van der Waals surface area contributed by atoms with E-state index in [1.165, 1.54) is 0 Å². The van der Waals surface area contributed by atoms with E-state index in [0.29, 0.717) is 0 Å². The molecule has 1 aliphatic rings. The fourth-order valence-corrected chi connectivity index (χ4v) is 1.40. The molecule has 1 N–H and O–H groups in total. The molecular formula is C8H16N2O2. The van der Waals surface area contributed by atoms with Crippen LogP contribution in [-0.2, 0) is 9.63 Å². The summed E-state index contributed by atoms with van der Waals surface area (Å²) in [6, 6.07) is -0.113. The van der Waals surface area contributed by atoms with Gasteiger partial charge in [-0.1, -0.05) is 0 Å². The molecule has 0 aromatic carbocycles. The van der Waals surface area contributed by atoms with E-state index in [1.807, 2.05) is 0 Å². The van der Waals surface area contributed by atoms with Crippen LogP contribution in [0.1, 0.15) is 19.3 Å². The number of nitrogens with zero attached hydrogens (tertiary/aromatic N) is 1. The maximum absolute atomic E-state index is 11.4. The van der Waals surface area contributed by atoms with Gasteiger partial charge in [0.25, 0.3) is 0 Å². The average Bonchev–Trinajstić information content (AvgIpc) is 2.28. The van der Waals surface area contributed by atoms with Crippen molar-refractivity contribution >= 4 is 5.91 Å². The number of rotatable bonds is 2. The van der Waals surface area contributed by atoms with Crippen LogP contribution in [0.3, 0.4) is 0 Å². The molecule has 0 aromatic heterocycles. The molecule has 0 bridgehead atoms. The summed E-state index contributed by atoms with van der Waals surface area (Å²) in [4.78, 5) is 16.4. The van der Waals surface area contributed by atoms with Crippen molar-refractivity contribution in [3.8, 4) is 0 Å². The molecule has 1 atom stereocenters. The Kier molecular flexibility index (Phi) is 3.49. The second kappa shape index (κ2) is 4.42. The van der Waals surface area contributed by atoms with Crippen molar-refractivity contribution in [1.82, 2.24) is 10.4 Å². The zero-order chi connectivity index (χ0) is 8.97. The first-order chi connectivity index (χ1) is 5.75. The fourth-order valence-electron chi connectivity index (χ4n) is 1.40. The van der Waals surface area contributed by atoms with Crippen LogP contribution in [0.25, 0.3) is 0 Å². The van der Waals surface area contributed by atoms with Crippen LogP contribution in [0.2, 0.25) is 0 Å². The van der Waals surface area contributed by atoms with E-state index < -0.39 is 0 Å². The van der Waals surface area contributed by atoms with E-state index in [0.717, 1.165) is 25.8 Å². The predicted molar refractivity (Wildman–Crippen MR) is 45.4 cm³/mol. The number of hydrogen-bond acceptors (Lipinski definition) is 3. The number of nitrogens with one attached hydrogen (secondary N) is 1. The van der Waals surface area contributed by atoms with E-state index >= 15 is 0 Å². The van der Waals surface area contributed by atoms with Crippen molar-refractivity contribution in [1.29, 1.82) is 0 Å². The van der Waals surface area contributed by atoms with Crippen molar-refractivity contribution in [2.45, 2.75) is 25.3 Å². The highest BCUT2D eigenvalue weighted by Gasteiger charge is 2.24. The molecule has 1 heterocycles. The minimum absolute atomic E-state index is 0.0804. The highest BCUT2D eigenvalue weighted by atomic mass is 16.7. The fraction of sp³-hybridized carbons (Fsp3) is 0.875. The van der Waals surface area contributed by atoms with Gasteiger partial charge in [-0.15, -0.1) is 0 Å². The second-order valence-electron chi connectivity index (χ2n) is 3.03. The van der Waals surface area contributed by atoms with E-state index in [4.69, 9.17) is 4.84 Å². The largest absolute Gasteiger partial charge is 0.355 e. The normalized spacial score (nSPS) is 25.2. The molecule has 0 aliphatic carbocycles. The molecule has 4 nitrogen and oxygen atoms in total. The van der Waals surface area contributed by atoms with Crippen LogP contribution in [-0.4, -0.2) is 37.7 Å². The van der Waals surface area contributed by atoms with Crippen LogP contribution in [0, 0.1) is 0 Å². The van der Waals surface area contributed by atoms with Gasteiger partial charge < -0.3 is 10.2 Å². The van der Waals surface area contributed by atoms with E-state index in [1.54, 1.807) is 19.2 Å². The molecule has 1 rings (SSSR count). The lowest BCUT2D eigenvalue weighted by atomic mass is 10.1. The summed E-state index contributed by atoms with van der Waals surface area (Å²) in [6.45, 7) is 0.798. The van der Waals surface area contributed by atoms with Crippen molar-refractivity contribution in [3.63, 3.8) is 0 Å². The molecule has 0 saturated carbocycles. The van der Waals surface area contributed by atoms with Gasteiger partial charge in [0.1, 0.15) is 6.04 Å². The monoisotopic (exact) mass is 172 g/mol. The Labute approximate surface area is 72.8 Å². The topological polar surface area (TPSA) is 41.6 Å². The molecule has 1 saturated heterocycles. The molecule has 0 spiro atoms. The zero-order valence-corrected chi connectivity index (χ0v) is 7.67. The van der Waals surface area contributed by atoms with Crippen LogP contribution < -0.4 is 5.32 Å². The first-order valence-corrected chi connectivity index (χ1v) is 4.30. The Bertz CT molecular complexity index is 161. The number of carbonyl (C=O) groups excluding carboxylic acids is 1. The second-order valence-corrected chi connectivity index (χ2v) is 3.03. The highest BCUT2D eigenvalue weighted by Crippen LogP contribution is 2.10. The molecule has 12 heavy (non-hydrogen) atoms. The van der Waals surface area contributed by atoms with Gasteiger partial charge in [-0.05, 0) is 19.3 Å². The van der Waals surface area contributed by atoms with Gasteiger partial charge in [0.05, 0.1) is 7.11 Å². The quantitative estimate of drug-likeness (QED) is 0.603. The Morgan fingerprint density at radius 3 is 3.00 bits per heavy atom. The first kappa shape index (κ1) is 9.48. The Balaban J connectivity index is 2.52. The van der Waals surface area contributed by atoms with Crippen molar-refractivity contribution in [2.24, 2.45) is 0 Å². The number of carbonyl (C=O) groups is 1. The van der Waals surface area contributed by atoms with E-state index in [9.17, 15) is 4.79 Å². The van der Waals surface area contributed by atoms with E-state index in [2.05, 4.69) is 5.32 Å². The van der Waals surface area contributed by atoms with Crippen LogP contribution in [0.15, 0.2) is 0 Å². The molecule has 1 amide bonds. The summed E-state index contributed by atoms with van der Waals surface area (Å²) in [5.74, 6) is 0.0804. The van der Waals surface area contributed by atoms with Crippen LogP contribution in [0.5, 0.6) is 0 Å². The average molecular weight is 172 g/mol. The Morgan fingerprint density at radius 2 is 2.33 bits per heavy atom. The summed E-state index contributed by atoms with van der Waals surface area (Å²) in [7, 11) is 3.37. The minimum atomic E-state index is -0.113. The molecule has 70 valence electrons. The van der Waals surface area contributed by atoms with Gasteiger partial charge in [0.2, 0.25) is 5.91 Å². The SMILES string of the molecule is CON(C)C1CCCCNC1=O. The third-order valence-corrected chi connectivity index (χ3v) is 2.23. The molecule has 4 heteroatoms. The Hall–Kier alpha value is -0.610. The standard InChI is InChI=1S/C8H16N2O2/c1-10(12-2)7-5-3-4-6-9-8(7)11/h7H,3-6H2,1-2H3,(H,9,11). The number of amides is 1. The zero-order valence-electron chi connectivity index (χ0n) is 7.67. The van der Waals surface area contributed by atoms with Crippen molar-refractivity contribution < 1.29 is 9.63 Å². The maximum Gasteiger partial charge on any atom is 0.239 e. The van der Waals surface area contributed by atoms with Crippen LogP contribution in [0.4, 0.5) is 0 Å². The molecule has 1 aliphatic heterocycles. The number of hydrogen-bond donors (Lipinski definition) is 1. The third-order valence-electron chi connectivity index (χ3n) is 2.23. The summed E-state index contributed by atoms with van der Waals surface area (Å²) < 4.78 is 0. The third kappa shape index (κ3) is 2.19. The molecular weight excluding hydrogens is 156 g/mol. The minimum Gasteiger partial charge on any atom is -0.355 e.